The standard InChI is InChI=1S/C28H28F2N2O/c1-28(2,3)22-9-4-20(5-10-22)18-32(17-15-19-6-11-23(29)12-7-19)27(33)25-24(30)13-8-21-14-16-31-26(21)25/h4-14,16,31H,15,17-18H2,1-3H3. The minimum absolute atomic E-state index is 0.0308. The van der Waals surface area contributed by atoms with Crippen LogP contribution in [-0.2, 0) is 18.4 Å². The molecule has 0 fully saturated rings. The molecule has 1 N–H and O–H groups in total. The molecule has 0 bridgehead atoms. The molecule has 0 radical (unpaired) electrons. The van der Waals surface area contributed by atoms with Crippen LogP contribution in [-0.4, -0.2) is 22.3 Å². The van der Waals surface area contributed by atoms with Gasteiger partial charge in [0.05, 0.1) is 11.1 Å². The first kappa shape index (κ1) is 22.7. The zero-order chi connectivity index (χ0) is 23.6. The Bertz CT molecular complexity index is 1250. The highest BCUT2D eigenvalue weighted by Gasteiger charge is 2.23. The van der Waals surface area contributed by atoms with E-state index in [1.807, 2.05) is 18.2 Å². The lowest BCUT2D eigenvalue weighted by Gasteiger charge is -2.25. The number of amides is 1. The van der Waals surface area contributed by atoms with E-state index in [-0.39, 0.29) is 22.7 Å². The van der Waals surface area contributed by atoms with Gasteiger partial charge in [0.15, 0.2) is 0 Å². The summed E-state index contributed by atoms with van der Waals surface area (Å²) in [7, 11) is 0. The van der Waals surface area contributed by atoms with Crippen LogP contribution in [0.1, 0.15) is 47.8 Å². The number of carbonyl (C=O) groups is 1. The van der Waals surface area contributed by atoms with Gasteiger partial charge in [0.25, 0.3) is 5.91 Å². The van der Waals surface area contributed by atoms with Crippen molar-refractivity contribution in [2.24, 2.45) is 0 Å². The van der Waals surface area contributed by atoms with Gasteiger partial charge in [-0.15, -0.1) is 0 Å². The number of carbonyl (C=O) groups excluding carboxylic acids is 1. The molecule has 0 aliphatic rings. The highest BCUT2D eigenvalue weighted by Crippen LogP contribution is 2.25. The lowest BCUT2D eigenvalue weighted by molar-refractivity contribution is 0.0742. The molecular weight excluding hydrogens is 418 g/mol. The molecule has 0 atom stereocenters. The number of rotatable bonds is 6. The average molecular weight is 447 g/mol. The highest BCUT2D eigenvalue weighted by molar-refractivity contribution is 6.06. The normalized spacial score (nSPS) is 11.7. The SMILES string of the molecule is CC(C)(C)c1ccc(CN(CCc2ccc(F)cc2)C(=O)c2c(F)ccc3cc[nH]c23)cc1. The molecule has 1 amide bonds. The van der Waals surface area contributed by atoms with Crippen molar-refractivity contribution in [2.75, 3.05) is 6.54 Å². The maximum Gasteiger partial charge on any atom is 0.259 e. The molecule has 0 aliphatic carbocycles. The molecule has 3 aromatic carbocycles. The first-order valence-electron chi connectivity index (χ1n) is 11.1. The van der Waals surface area contributed by atoms with Crippen LogP contribution in [0.25, 0.3) is 10.9 Å². The molecule has 0 spiro atoms. The average Bonchev–Trinajstić information content (AvgIpc) is 3.25. The third-order valence-electron chi connectivity index (χ3n) is 5.96. The largest absolute Gasteiger partial charge is 0.360 e. The lowest BCUT2D eigenvalue weighted by Crippen LogP contribution is -2.33. The Hall–Kier alpha value is -3.47. The van der Waals surface area contributed by atoms with Gasteiger partial charge in [0.1, 0.15) is 11.6 Å². The Labute approximate surface area is 193 Å². The van der Waals surface area contributed by atoms with Crippen molar-refractivity contribution in [3.05, 3.63) is 107 Å². The van der Waals surface area contributed by atoms with Crippen LogP contribution in [0, 0.1) is 11.6 Å². The summed E-state index contributed by atoms with van der Waals surface area (Å²) in [5, 5.41) is 0.785. The highest BCUT2D eigenvalue weighted by atomic mass is 19.1. The molecular formula is C28H28F2N2O. The summed E-state index contributed by atoms with van der Waals surface area (Å²) in [4.78, 5) is 18.3. The van der Waals surface area contributed by atoms with Crippen LogP contribution in [0.4, 0.5) is 8.78 Å². The number of fused-ring (bicyclic) bond motifs is 1. The van der Waals surface area contributed by atoms with Crippen molar-refractivity contribution < 1.29 is 13.6 Å². The molecule has 0 saturated heterocycles. The fraction of sp³-hybridized carbons (Fsp3) is 0.250. The van der Waals surface area contributed by atoms with E-state index in [0.717, 1.165) is 16.5 Å². The molecule has 4 rings (SSSR count). The molecule has 170 valence electrons. The lowest BCUT2D eigenvalue weighted by atomic mass is 9.87. The monoisotopic (exact) mass is 446 g/mol. The van der Waals surface area contributed by atoms with Gasteiger partial charge in [-0.2, -0.15) is 0 Å². The van der Waals surface area contributed by atoms with Crippen LogP contribution < -0.4 is 0 Å². The summed E-state index contributed by atoms with van der Waals surface area (Å²) in [5.74, 6) is -1.22. The van der Waals surface area contributed by atoms with E-state index in [4.69, 9.17) is 0 Å². The van der Waals surface area contributed by atoms with Crippen molar-refractivity contribution in [2.45, 2.75) is 39.2 Å². The van der Waals surface area contributed by atoms with Gasteiger partial charge in [-0.1, -0.05) is 57.2 Å². The second-order valence-electron chi connectivity index (χ2n) is 9.41. The Kier molecular flexibility index (Phi) is 6.32. The van der Waals surface area contributed by atoms with Crippen LogP contribution >= 0.6 is 0 Å². The first-order chi connectivity index (χ1) is 15.7. The number of benzene rings is 3. The number of halogens is 2. The fourth-order valence-electron chi connectivity index (χ4n) is 3.97. The molecule has 5 heteroatoms. The predicted molar refractivity (Wildman–Crippen MR) is 128 cm³/mol. The first-order valence-corrected chi connectivity index (χ1v) is 11.1. The third-order valence-corrected chi connectivity index (χ3v) is 5.96. The maximum atomic E-state index is 14.8. The van der Waals surface area contributed by atoms with E-state index in [1.54, 1.807) is 29.3 Å². The Morgan fingerprint density at radius 2 is 1.55 bits per heavy atom. The summed E-state index contributed by atoms with van der Waals surface area (Å²) in [6.45, 7) is 7.18. The minimum atomic E-state index is -0.551. The van der Waals surface area contributed by atoms with Gasteiger partial charge in [-0.25, -0.2) is 8.78 Å². The summed E-state index contributed by atoms with van der Waals surface area (Å²) in [5.41, 5.74) is 3.66. The summed E-state index contributed by atoms with van der Waals surface area (Å²) in [6, 6.07) is 19.2. The molecule has 0 aliphatic heterocycles. The number of hydrogen-bond acceptors (Lipinski definition) is 1. The maximum absolute atomic E-state index is 14.8. The van der Waals surface area contributed by atoms with E-state index in [9.17, 15) is 13.6 Å². The molecule has 1 aromatic heterocycles. The van der Waals surface area contributed by atoms with Crippen molar-refractivity contribution in [3.8, 4) is 0 Å². The predicted octanol–water partition coefficient (Wildman–Crippen LogP) is 6.63. The number of nitrogens with zero attached hydrogens (tertiary/aromatic N) is 1. The smallest absolute Gasteiger partial charge is 0.259 e. The van der Waals surface area contributed by atoms with Crippen LogP contribution in [0.2, 0.25) is 0 Å². The molecule has 0 unspecified atom stereocenters. The van der Waals surface area contributed by atoms with Crippen LogP contribution in [0.15, 0.2) is 72.9 Å². The molecule has 1 heterocycles. The summed E-state index contributed by atoms with van der Waals surface area (Å²) >= 11 is 0. The van der Waals surface area contributed by atoms with Gasteiger partial charge in [-0.05, 0) is 58.9 Å². The van der Waals surface area contributed by atoms with Gasteiger partial charge < -0.3 is 9.88 Å². The third kappa shape index (κ3) is 5.14. The van der Waals surface area contributed by atoms with Gasteiger partial charge in [0.2, 0.25) is 0 Å². The van der Waals surface area contributed by atoms with E-state index in [2.05, 4.69) is 37.9 Å². The van der Waals surface area contributed by atoms with E-state index in [0.29, 0.717) is 25.0 Å². The zero-order valence-corrected chi connectivity index (χ0v) is 19.2. The quantitative estimate of drug-likeness (QED) is 0.355. The molecule has 3 nitrogen and oxygen atoms in total. The van der Waals surface area contributed by atoms with E-state index >= 15 is 0 Å². The molecule has 0 saturated carbocycles. The van der Waals surface area contributed by atoms with E-state index in [1.165, 1.54) is 23.8 Å². The van der Waals surface area contributed by atoms with Crippen molar-refractivity contribution in [1.82, 2.24) is 9.88 Å². The Balaban J connectivity index is 1.64. The molecule has 33 heavy (non-hydrogen) atoms. The zero-order valence-electron chi connectivity index (χ0n) is 19.2. The van der Waals surface area contributed by atoms with Gasteiger partial charge in [0, 0.05) is 24.7 Å². The molecule has 4 aromatic rings. The van der Waals surface area contributed by atoms with Gasteiger partial charge in [-0.3, -0.25) is 4.79 Å². The Morgan fingerprint density at radius 1 is 0.879 bits per heavy atom. The van der Waals surface area contributed by atoms with Crippen LogP contribution in [0.3, 0.4) is 0 Å². The number of aromatic nitrogens is 1. The topological polar surface area (TPSA) is 36.1 Å². The van der Waals surface area contributed by atoms with E-state index < -0.39 is 5.82 Å². The Morgan fingerprint density at radius 3 is 2.21 bits per heavy atom. The van der Waals surface area contributed by atoms with Crippen molar-refractivity contribution in [1.29, 1.82) is 0 Å². The van der Waals surface area contributed by atoms with Crippen LogP contribution in [0.5, 0.6) is 0 Å². The van der Waals surface area contributed by atoms with Crippen molar-refractivity contribution in [3.63, 3.8) is 0 Å². The second-order valence-corrected chi connectivity index (χ2v) is 9.41. The number of H-pyrrole nitrogens is 1. The van der Waals surface area contributed by atoms with Crippen molar-refractivity contribution >= 4 is 16.8 Å². The minimum Gasteiger partial charge on any atom is -0.360 e. The number of hydrogen-bond donors (Lipinski definition) is 1. The second kappa shape index (κ2) is 9.18. The van der Waals surface area contributed by atoms with Gasteiger partial charge >= 0.3 is 0 Å². The summed E-state index contributed by atoms with van der Waals surface area (Å²) < 4.78 is 28.1. The fourth-order valence-corrected chi connectivity index (χ4v) is 3.97. The number of aromatic amines is 1. The summed E-state index contributed by atoms with van der Waals surface area (Å²) in [6.07, 6.45) is 2.24. The number of nitrogens with one attached hydrogen (secondary N) is 1.